The minimum absolute atomic E-state index is 0.0744. The van der Waals surface area contributed by atoms with Crippen LogP contribution in [0.3, 0.4) is 0 Å². The van der Waals surface area contributed by atoms with Crippen molar-refractivity contribution >= 4 is 16.9 Å². The van der Waals surface area contributed by atoms with Crippen molar-refractivity contribution in [3.8, 4) is 0 Å². The van der Waals surface area contributed by atoms with Gasteiger partial charge in [0.2, 0.25) is 5.91 Å². The molecular formula is C25H34N2O2S. The third-order valence-corrected chi connectivity index (χ3v) is 8.93. The molecule has 0 radical (unpaired) electrons. The Kier molecular flexibility index (Phi) is 5.85. The molecule has 1 aliphatic heterocycles. The summed E-state index contributed by atoms with van der Waals surface area (Å²) in [5.41, 5.74) is 7.85. The van der Waals surface area contributed by atoms with Gasteiger partial charge in [0.1, 0.15) is 11.0 Å². The van der Waals surface area contributed by atoms with Crippen LogP contribution in [0.25, 0.3) is 0 Å². The number of nitrogens with one attached hydrogen (secondary N) is 1. The number of amides is 1. The number of nitrogens with zero attached hydrogens (tertiary/aromatic N) is 1. The van der Waals surface area contributed by atoms with Crippen LogP contribution in [-0.4, -0.2) is 34.7 Å². The Bertz CT molecular complexity index is 875. The van der Waals surface area contributed by atoms with E-state index in [-0.39, 0.29) is 5.91 Å². The van der Waals surface area contributed by atoms with E-state index in [1.165, 1.54) is 57.8 Å². The van der Waals surface area contributed by atoms with Crippen LogP contribution in [0, 0.1) is 5.92 Å². The Morgan fingerprint density at radius 1 is 1.10 bits per heavy atom. The summed E-state index contributed by atoms with van der Waals surface area (Å²) in [5, 5.41) is 0. The summed E-state index contributed by atoms with van der Waals surface area (Å²) in [6.45, 7) is 0.705. The lowest BCUT2D eigenvalue weighted by atomic mass is 9.91. The maximum atomic E-state index is 12.8. The lowest BCUT2D eigenvalue weighted by molar-refractivity contribution is -0.119. The Labute approximate surface area is 183 Å². The molecule has 3 unspecified atom stereocenters. The fraction of sp³-hybridized carbons (Fsp3) is 0.640. The molecule has 0 aromatic heterocycles. The van der Waals surface area contributed by atoms with Crippen LogP contribution in [0.5, 0.6) is 0 Å². The SMILES string of the molecule is CN1CC(S(=O)NC(=O)CCCc2c3c(cc4c2CCC4)CCC3)=CC2CCCC21. The molecule has 1 amide bonds. The number of rotatable bonds is 6. The molecule has 0 spiro atoms. The molecule has 4 nitrogen and oxygen atoms in total. The van der Waals surface area contributed by atoms with Crippen molar-refractivity contribution in [1.82, 2.24) is 9.62 Å². The molecule has 3 atom stereocenters. The molecule has 4 aliphatic rings. The zero-order valence-electron chi connectivity index (χ0n) is 18.2. The fourth-order valence-electron chi connectivity index (χ4n) is 6.37. The van der Waals surface area contributed by atoms with Gasteiger partial charge >= 0.3 is 0 Å². The smallest absolute Gasteiger partial charge is 0.231 e. The predicted molar refractivity (Wildman–Crippen MR) is 122 cm³/mol. The first-order chi connectivity index (χ1) is 14.6. The topological polar surface area (TPSA) is 49.4 Å². The van der Waals surface area contributed by atoms with Crippen LogP contribution in [0.15, 0.2) is 17.0 Å². The fourth-order valence-corrected chi connectivity index (χ4v) is 7.43. The Balaban J connectivity index is 1.18. The van der Waals surface area contributed by atoms with Gasteiger partial charge in [-0.15, -0.1) is 0 Å². The normalized spacial score (nSPS) is 26.1. The second-order valence-electron chi connectivity index (χ2n) is 9.70. The van der Waals surface area contributed by atoms with E-state index >= 15 is 0 Å². The highest BCUT2D eigenvalue weighted by molar-refractivity contribution is 7.87. The van der Waals surface area contributed by atoms with E-state index in [0.29, 0.717) is 24.9 Å². The van der Waals surface area contributed by atoms with E-state index in [1.54, 1.807) is 27.8 Å². The van der Waals surface area contributed by atoms with E-state index in [9.17, 15) is 9.00 Å². The second-order valence-corrected chi connectivity index (χ2v) is 11.0. The van der Waals surface area contributed by atoms with Gasteiger partial charge in [-0.2, -0.15) is 0 Å². The highest BCUT2D eigenvalue weighted by Crippen LogP contribution is 2.36. The maximum Gasteiger partial charge on any atom is 0.231 e. The zero-order valence-corrected chi connectivity index (χ0v) is 19.0. The summed E-state index contributed by atoms with van der Waals surface area (Å²) in [7, 11) is 0.723. The zero-order chi connectivity index (χ0) is 20.7. The maximum absolute atomic E-state index is 12.8. The standard InChI is InChI=1S/C25H34N2O2S/c1-27-16-20(15-19-8-4-12-24(19)27)30(29)26-25(28)13-5-11-23-21-9-2-6-17(21)14-18-7-3-10-22(18)23/h14-15,19,24H,2-13,16H2,1H3,(H,26,28). The van der Waals surface area contributed by atoms with Crippen molar-refractivity contribution in [3.63, 3.8) is 0 Å². The molecule has 1 fully saturated rings. The molecule has 1 saturated carbocycles. The van der Waals surface area contributed by atoms with Gasteiger partial charge < -0.3 is 0 Å². The van der Waals surface area contributed by atoms with E-state index in [2.05, 4.69) is 28.8 Å². The van der Waals surface area contributed by atoms with E-state index in [1.807, 2.05) is 0 Å². The van der Waals surface area contributed by atoms with Gasteiger partial charge in [0, 0.05) is 23.9 Å². The van der Waals surface area contributed by atoms with Crippen LogP contribution < -0.4 is 4.72 Å². The second kappa shape index (κ2) is 8.58. The van der Waals surface area contributed by atoms with Gasteiger partial charge in [-0.25, -0.2) is 4.21 Å². The van der Waals surface area contributed by atoms with Gasteiger partial charge in [-0.3, -0.25) is 14.4 Å². The summed E-state index contributed by atoms with van der Waals surface area (Å²) in [5.74, 6) is 0.427. The molecule has 5 heteroatoms. The predicted octanol–water partition coefficient (Wildman–Crippen LogP) is 3.76. The Morgan fingerprint density at radius 3 is 2.57 bits per heavy atom. The number of aryl methyl sites for hydroxylation is 2. The van der Waals surface area contributed by atoms with E-state index in [0.717, 1.165) is 17.7 Å². The molecule has 1 aromatic carbocycles. The van der Waals surface area contributed by atoms with Crippen LogP contribution in [0.4, 0.5) is 0 Å². The molecule has 30 heavy (non-hydrogen) atoms. The average Bonchev–Trinajstić information content (AvgIpc) is 3.47. The van der Waals surface area contributed by atoms with Crippen LogP contribution in [-0.2, 0) is 47.9 Å². The summed E-state index contributed by atoms with van der Waals surface area (Å²) in [4.78, 5) is 15.7. The van der Waals surface area contributed by atoms with Crippen LogP contribution in [0.2, 0.25) is 0 Å². The molecule has 1 heterocycles. The van der Waals surface area contributed by atoms with Crippen LogP contribution >= 0.6 is 0 Å². The quantitative estimate of drug-likeness (QED) is 0.753. The Morgan fingerprint density at radius 2 is 1.83 bits per heavy atom. The first-order valence-corrected chi connectivity index (χ1v) is 13.0. The van der Waals surface area contributed by atoms with Crippen molar-refractivity contribution < 1.29 is 9.00 Å². The van der Waals surface area contributed by atoms with E-state index < -0.39 is 11.0 Å². The summed E-state index contributed by atoms with van der Waals surface area (Å²) < 4.78 is 15.5. The lowest BCUT2D eigenvalue weighted by Gasteiger charge is -2.33. The van der Waals surface area contributed by atoms with Crippen molar-refractivity contribution in [2.75, 3.05) is 13.6 Å². The first kappa shape index (κ1) is 20.4. The van der Waals surface area contributed by atoms with Crippen molar-refractivity contribution in [2.24, 2.45) is 5.92 Å². The molecule has 0 saturated heterocycles. The molecule has 1 aromatic rings. The number of carbonyl (C=O) groups is 1. The highest BCUT2D eigenvalue weighted by atomic mass is 32.2. The molecule has 5 rings (SSSR count). The first-order valence-electron chi connectivity index (χ1n) is 11.9. The largest absolute Gasteiger partial charge is 0.298 e. The number of carbonyl (C=O) groups excluding carboxylic acids is 1. The highest BCUT2D eigenvalue weighted by Gasteiger charge is 2.34. The average molecular weight is 427 g/mol. The number of hydrogen-bond acceptors (Lipinski definition) is 3. The molecule has 162 valence electrons. The minimum Gasteiger partial charge on any atom is -0.298 e. The molecule has 3 aliphatic carbocycles. The number of hydrogen-bond donors (Lipinski definition) is 1. The summed E-state index contributed by atoms with van der Waals surface area (Å²) in [6.07, 6.45) is 15.5. The Hall–Kier alpha value is -1.46. The van der Waals surface area contributed by atoms with Crippen LogP contribution in [0.1, 0.15) is 72.8 Å². The van der Waals surface area contributed by atoms with Gasteiger partial charge in [-0.1, -0.05) is 18.6 Å². The van der Waals surface area contributed by atoms with Crippen molar-refractivity contribution in [2.45, 2.75) is 83.1 Å². The third-order valence-electron chi connectivity index (χ3n) is 7.78. The van der Waals surface area contributed by atoms with Gasteiger partial charge in [0.15, 0.2) is 0 Å². The monoisotopic (exact) mass is 426 g/mol. The molecule has 1 N–H and O–H groups in total. The van der Waals surface area contributed by atoms with Gasteiger partial charge in [0.05, 0.1) is 0 Å². The molecular weight excluding hydrogens is 392 g/mol. The van der Waals surface area contributed by atoms with Gasteiger partial charge in [0.25, 0.3) is 0 Å². The number of likely N-dealkylation sites (N-methyl/N-ethyl adjacent to an activating group) is 1. The third kappa shape index (κ3) is 3.91. The summed E-state index contributed by atoms with van der Waals surface area (Å²) in [6, 6.07) is 3.06. The van der Waals surface area contributed by atoms with E-state index in [4.69, 9.17) is 0 Å². The summed E-state index contributed by atoms with van der Waals surface area (Å²) >= 11 is 0. The van der Waals surface area contributed by atoms with Gasteiger partial charge in [-0.05, 0) is 105 Å². The minimum atomic E-state index is -1.39. The lowest BCUT2D eigenvalue weighted by Crippen LogP contribution is -2.41. The number of benzene rings is 1. The van der Waals surface area contributed by atoms with Crippen molar-refractivity contribution in [1.29, 1.82) is 0 Å². The van der Waals surface area contributed by atoms with Crippen molar-refractivity contribution in [3.05, 3.63) is 44.9 Å². The number of fused-ring (bicyclic) bond motifs is 3. The molecule has 0 bridgehead atoms.